The maximum atomic E-state index is 11.0. The lowest BCUT2D eigenvalue weighted by atomic mass is 10.1. The Hall–Kier alpha value is -0.180. The van der Waals surface area contributed by atoms with Crippen LogP contribution in [-0.4, -0.2) is 22.1 Å². The van der Waals surface area contributed by atoms with Crippen LogP contribution in [0.3, 0.4) is 0 Å². The molecule has 0 aromatic carbocycles. The number of carboxylic acid groups (broad SMARTS) is 1. The highest BCUT2D eigenvalue weighted by Crippen LogP contribution is 2.20. The van der Waals surface area contributed by atoms with Crippen LogP contribution < -0.4 is 0 Å². The molecule has 0 aromatic rings. The van der Waals surface area contributed by atoms with Gasteiger partial charge in [0.1, 0.15) is 5.25 Å². The van der Waals surface area contributed by atoms with Gasteiger partial charge in [-0.25, -0.2) is 0 Å². The first-order valence-corrected chi connectivity index (χ1v) is 8.61. The minimum absolute atomic E-state index is 0.176. The van der Waals surface area contributed by atoms with Gasteiger partial charge in [-0.05, 0) is 18.6 Å². The van der Waals surface area contributed by atoms with Crippen LogP contribution in [-0.2, 0) is 4.79 Å². The summed E-state index contributed by atoms with van der Waals surface area (Å²) >= 11 is 1.64. The van der Waals surface area contributed by atoms with E-state index in [2.05, 4.69) is 13.8 Å². The molecule has 0 aromatic heterocycles. The molecular formula is C15H30O2S. The molecular weight excluding hydrogens is 244 g/mol. The van der Waals surface area contributed by atoms with Gasteiger partial charge >= 0.3 is 5.97 Å². The molecule has 2 nitrogen and oxygen atoms in total. The monoisotopic (exact) mass is 274 g/mol. The van der Waals surface area contributed by atoms with E-state index in [4.69, 9.17) is 5.11 Å². The fourth-order valence-corrected chi connectivity index (χ4v) is 3.08. The number of carbonyl (C=O) groups is 1. The molecule has 108 valence electrons. The van der Waals surface area contributed by atoms with Crippen molar-refractivity contribution in [2.75, 3.05) is 5.75 Å². The summed E-state index contributed by atoms with van der Waals surface area (Å²) in [6, 6.07) is 0. The number of aliphatic carboxylic acids is 1. The highest BCUT2D eigenvalue weighted by molar-refractivity contribution is 8.00. The molecule has 1 N–H and O–H groups in total. The van der Waals surface area contributed by atoms with Crippen molar-refractivity contribution in [3.8, 4) is 0 Å². The van der Waals surface area contributed by atoms with E-state index in [0.717, 1.165) is 25.0 Å². The molecule has 0 rings (SSSR count). The summed E-state index contributed by atoms with van der Waals surface area (Å²) in [5, 5.41) is 8.90. The lowest BCUT2D eigenvalue weighted by Crippen LogP contribution is -2.16. The van der Waals surface area contributed by atoms with Crippen LogP contribution in [0.5, 0.6) is 0 Å². The van der Waals surface area contributed by atoms with Gasteiger partial charge in [0.25, 0.3) is 0 Å². The van der Waals surface area contributed by atoms with E-state index in [1.165, 1.54) is 44.9 Å². The summed E-state index contributed by atoms with van der Waals surface area (Å²) < 4.78 is 0. The van der Waals surface area contributed by atoms with Crippen LogP contribution in [0.15, 0.2) is 0 Å². The minimum atomic E-state index is -0.628. The van der Waals surface area contributed by atoms with Crippen LogP contribution in [0, 0.1) is 0 Å². The van der Waals surface area contributed by atoms with Crippen LogP contribution >= 0.6 is 11.8 Å². The van der Waals surface area contributed by atoms with Crippen molar-refractivity contribution >= 4 is 17.7 Å². The molecule has 0 bridgehead atoms. The number of hydrogen-bond acceptors (Lipinski definition) is 2. The number of hydrogen-bond donors (Lipinski definition) is 1. The van der Waals surface area contributed by atoms with Crippen molar-refractivity contribution in [2.45, 2.75) is 83.3 Å². The SMILES string of the molecule is CCCCCCCCCSC(CCCC)C(=O)O. The first-order valence-electron chi connectivity index (χ1n) is 7.56. The van der Waals surface area contributed by atoms with Crippen LogP contribution in [0.2, 0.25) is 0 Å². The van der Waals surface area contributed by atoms with E-state index in [-0.39, 0.29) is 5.25 Å². The largest absolute Gasteiger partial charge is 0.480 e. The number of rotatable bonds is 13. The Bertz CT molecular complexity index is 195. The Morgan fingerprint density at radius 2 is 1.50 bits per heavy atom. The van der Waals surface area contributed by atoms with Crippen LogP contribution in [0.25, 0.3) is 0 Å². The fraction of sp³-hybridized carbons (Fsp3) is 0.933. The number of thioether (sulfide) groups is 1. The molecule has 0 aliphatic carbocycles. The topological polar surface area (TPSA) is 37.3 Å². The second kappa shape index (κ2) is 13.3. The maximum Gasteiger partial charge on any atom is 0.316 e. The van der Waals surface area contributed by atoms with E-state index in [0.29, 0.717) is 0 Å². The van der Waals surface area contributed by atoms with E-state index in [9.17, 15) is 4.79 Å². The fourth-order valence-electron chi connectivity index (χ4n) is 1.95. The lowest BCUT2D eigenvalue weighted by Gasteiger charge is -2.11. The van der Waals surface area contributed by atoms with Crippen molar-refractivity contribution in [1.82, 2.24) is 0 Å². The van der Waals surface area contributed by atoms with Crippen molar-refractivity contribution in [2.24, 2.45) is 0 Å². The van der Waals surface area contributed by atoms with Gasteiger partial charge < -0.3 is 5.11 Å². The molecule has 3 heteroatoms. The molecule has 18 heavy (non-hydrogen) atoms. The minimum Gasteiger partial charge on any atom is -0.480 e. The summed E-state index contributed by atoms with van der Waals surface area (Å²) in [7, 11) is 0. The Balaban J connectivity index is 3.40. The highest BCUT2D eigenvalue weighted by atomic mass is 32.2. The van der Waals surface area contributed by atoms with E-state index in [1.807, 2.05) is 0 Å². The Morgan fingerprint density at radius 1 is 0.944 bits per heavy atom. The second-order valence-electron chi connectivity index (χ2n) is 4.96. The molecule has 0 aliphatic rings. The average molecular weight is 274 g/mol. The summed E-state index contributed by atoms with van der Waals surface area (Å²) in [4.78, 5) is 11.0. The average Bonchev–Trinajstić information content (AvgIpc) is 2.35. The van der Waals surface area contributed by atoms with Gasteiger partial charge in [0.15, 0.2) is 0 Å². The van der Waals surface area contributed by atoms with Crippen LogP contribution in [0.4, 0.5) is 0 Å². The molecule has 0 amide bonds. The van der Waals surface area contributed by atoms with Crippen molar-refractivity contribution in [1.29, 1.82) is 0 Å². The predicted octanol–water partition coefficient (Wildman–Crippen LogP) is 5.11. The van der Waals surface area contributed by atoms with Gasteiger partial charge in [-0.2, -0.15) is 0 Å². The quantitative estimate of drug-likeness (QED) is 0.474. The Kier molecular flexibility index (Phi) is 13.1. The normalized spacial score (nSPS) is 12.6. The first kappa shape index (κ1) is 17.8. The third kappa shape index (κ3) is 10.9. The van der Waals surface area contributed by atoms with Crippen molar-refractivity contribution < 1.29 is 9.90 Å². The molecule has 0 fully saturated rings. The molecule has 0 radical (unpaired) electrons. The standard InChI is InChI=1S/C15H30O2S/c1-3-5-7-8-9-10-11-13-18-14(15(16)17)12-6-4-2/h14H,3-13H2,1-2H3,(H,16,17). The molecule has 0 aliphatic heterocycles. The third-order valence-electron chi connectivity index (χ3n) is 3.16. The van der Waals surface area contributed by atoms with Gasteiger partial charge in [-0.1, -0.05) is 65.2 Å². The number of unbranched alkanes of at least 4 members (excludes halogenated alkanes) is 7. The molecule has 0 saturated carbocycles. The molecule has 1 atom stereocenters. The number of carboxylic acids is 1. The van der Waals surface area contributed by atoms with Gasteiger partial charge in [0.2, 0.25) is 0 Å². The zero-order chi connectivity index (χ0) is 13.6. The van der Waals surface area contributed by atoms with Gasteiger partial charge in [0, 0.05) is 0 Å². The zero-order valence-electron chi connectivity index (χ0n) is 12.1. The van der Waals surface area contributed by atoms with Gasteiger partial charge in [-0.3, -0.25) is 4.79 Å². The van der Waals surface area contributed by atoms with E-state index in [1.54, 1.807) is 11.8 Å². The summed E-state index contributed by atoms with van der Waals surface area (Å²) in [6.45, 7) is 4.35. The predicted molar refractivity (Wildman–Crippen MR) is 81.4 cm³/mol. The van der Waals surface area contributed by atoms with Crippen LogP contribution in [0.1, 0.15) is 78.1 Å². The smallest absolute Gasteiger partial charge is 0.316 e. The molecule has 0 heterocycles. The van der Waals surface area contributed by atoms with Crippen molar-refractivity contribution in [3.05, 3.63) is 0 Å². The van der Waals surface area contributed by atoms with E-state index >= 15 is 0 Å². The van der Waals surface area contributed by atoms with Crippen molar-refractivity contribution in [3.63, 3.8) is 0 Å². The van der Waals surface area contributed by atoms with Gasteiger partial charge in [0.05, 0.1) is 0 Å². The van der Waals surface area contributed by atoms with E-state index < -0.39 is 5.97 Å². The molecule has 0 saturated heterocycles. The maximum absolute atomic E-state index is 11.0. The summed E-state index contributed by atoms with van der Waals surface area (Å²) in [5.41, 5.74) is 0. The third-order valence-corrected chi connectivity index (χ3v) is 4.53. The zero-order valence-corrected chi connectivity index (χ0v) is 12.9. The summed E-state index contributed by atoms with van der Waals surface area (Å²) in [5.74, 6) is 0.380. The summed E-state index contributed by atoms with van der Waals surface area (Å²) in [6.07, 6.45) is 12.0. The lowest BCUT2D eigenvalue weighted by molar-refractivity contribution is -0.136. The Morgan fingerprint density at radius 3 is 2.06 bits per heavy atom. The molecule has 1 unspecified atom stereocenters. The second-order valence-corrected chi connectivity index (χ2v) is 6.27. The molecule has 0 spiro atoms. The Labute approximate surface area is 117 Å². The highest BCUT2D eigenvalue weighted by Gasteiger charge is 2.16. The first-order chi connectivity index (χ1) is 8.72. The van der Waals surface area contributed by atoms with Gasteiger partial charge in [-0.15, -0.1) is 11.8 Å².